The summed E-state index contributed by atoms with van der Waals surface area (Å²) in [7, 11) is 1.87. The molecule has 0 bridgehead atoms. The van der Waals surface area contributed by atoms with E-state index in [1.807, 2.05) is 7.05 Å². The van der Waals surface area contributed by atoms with Crippen LogP contribution in [0.1, 0.15) is 27.7 Å². The minimum atomic E-state index is 0.492. The summed E-state index contributed by atoms with van der Waals surface area (Å²) in [4.78, 5) is 12.0. The van der Waals surface area contributed by atoms with Crippen LogP contribution in [-0.2, 0) is 0 Å². The molecule has 24 heavy (non-hydrogen) atoms. The molecule has 0 aromatic carbocycles. The molecule has 140 valence electrons. The first kappa shape index (κ1) is 19.5. The van der Waals surface area contributed by atoms with Gasteiger partial charge in [0.15, 0.2) is 5.96 Å². The maximum absolute atomic E-state index is 4.41. The first-order valence-electron chi connectivity index (χ1n) is 9.69. The van der Waals surface area contributed by atoms with Crippen molar-refractivity contribution in [2.24, 2.45) is 10.9 Å². The Morgan fingerprint density at radius 3 is 2.33 bits per heavy atom. The zero-order chi connectivity index (χ0) is 17.5. The zero-order valence-corrected chi connectivity index (χ0v) is 16.4. The average molecular weight is 339 g/mol. The van der Waals surface area contributed by atoms with Crippen LogP contribution in [0.25, 0.3) is 0 Å². The highest BCUT2D eigenvalue weighted by Gasteiger charge is 2.31. The predicted octanol–water partition coefficient (Wildman–Crippen LogP) is 0.518. The molecule has 0 radical (unpaired) electrons. The molecule has 6 heteroatoms. The third kappa shape index (κ3) is 5.60. The van der Waals surface area contributed by atoms with E-state index in [-0.39, 0.29) is 0 Å². The van der Waals surface area contributed by atoms with Crippen LogP contribution in [0.3, 0.4) is 0 Å². The topological polar surface area (TPSA) is 46.1 Å². The summed E-state index contributed by atoms with van der Waals surface area (Å²) >= 11 is 0. The van der Waals surface area contributed by atoms with Crippen molar-refractivity contribution in [1.82, 2.24) is 25.3 Å². The SMILES string of the molecule is CCN1CCN(CCNC(=NC)NC2CN(C(C)C)CC2C)CC1. The Labute approximate surface area is 148 Å². The van der Waals surface area contributed by atoms with E-state index in [4.69, 9.17) is 0 Å². The van der Waals surface area contributed by atoms with E-state index in [0.717, 1.165) is 25.6 Å². The molecule has 0 aromatic rings. The Bertz CT molecular complexity index is 389. The fourth-order valence-corrected chi connectivity index (χ4v) is 3.65. The second kappa shape index (κ2) is 9.59. The van der Waals surface area contributed by atoms with Gasteiger partial charge in [-0.1, -0.05) is 13.8 Å². The number of hydrogen-bond acceptors (Lipinski definition) is 4. The number of aliphatic imine (C=N–C) groups is 1. The second-order valence-electron chi connectivity index (χ2n) is 7.55. The molecule has 2 saturated heterocycles. The van der Waals surface area contributed by atoms with Crippen molar-refractivity contribution in [3.8, 4) is 0 Å². The smallest absolute Gasteiger partial charge is 0.191 e. The molecule has 6 nitrogen and oxygen atoms in total. The molecule has 2 fully saturated rings. The van der Waals surface area contributed by atoms with E-state index in [2.05, 4.69) is 58.0 Å². The molecule has 0 saturated carbocycles. The van der Waals surface area contributed by atoms with Gasteiger partial charge >= 0.3 is 0 Å². The summed E-state index contributed by atoms with van der Waals surface area (Å²) in [6.07, 6.45) is 0. The number of likely N-dealkylation sites (N-methyl/N-ethyl adjacent to an activating group) is 1. The quantitative estimate of drug-likeness (QED) is 0.546. The van der Waals surface area contributed by atoms with Crippen molar-refractivity contribution in [2.75, 3.05) is 66.0 Å². The molecule has 2 rings (SSSR count). The van der Waals surface area contributed by atoms with E-state index < -0.39 is 0 Å². The molecule has 2 N–H and O–H groups in total. The molecular weight excluding hydrogens is 300 g/mol. The first-order valence-corrected chi connectivity index (χ1v) is 9.69. The van der Waals surface area contributed by atoms with Gasteiger partial charge in [0, 0.05) is 71.5 Å². The summed E-state index contributed by atoms with van der Waals surface area (Å²) in [6, 6.07) is 1.11. The highest BCUT2D eigenvalue weighted by Crippen LogP contribution is 2.18. The molecule has 2 atom stereocenters. The summed E-state index contributed by atoms with van der Waals surface area (Å²) in [6.45, 7) is 19.4. The Kier molecular flexibility index (Phi) is 7.78. The van der Waals surface area contributed by atoms with Gasteiger partial charge in [0.25, 0.3) is 0 Å². The normalized spacial score (nSPS) is 27.8. The van der Waals surface area contributed by atoms with Crippen LogP contribution in [0.4, 0.5) is 0 Å². The van der Waals surface area contributed by atoms with Crippen LogP contribution in [0, 0.1) is 5.92 Å². The molecule has 0 aromatic heterocycles. The average Bonchev–Trinajstić information content (AvgIpc) is 2.95. The van der Waals surface area contributed by atoms with Gasteiger partial charge < -0.3 is 15.5 Å². The molecule has 0 aliphatic carbocycles. The van der Waals surface area contributed by atoms with E-state index in [0.29, 0.717) is 18.0 Å². The Hall–Kier alpha value is -0.850. The monoisotopic (exact) mass is 338 g/mol. The standard InChI is InChI=1S/C18H38N6/c1-6-22-9-11-23(12-10-22)8-7-20-18(19-5)21-17-14-24(15(2)3)13-16(17)4/h15-17H,6-14H2,1-5H3,(H2,19,20,21). The number of rotatable bonds is 6. The lowest BCUT2D eigenvalue weighted by Gasteiger charge is -2.34. The fraction of sp³-hybridized carbons (Fsp3) is 0.944. The third-order valence-corrected chi connectivity index (χ3v) is 5.55. The second-order valence-corrected chi connectivity index (χ2v) is 7.55. The maximum atomic E-state index is 4.41. The number of nitrogens with zero attached hydrogens (tertiary/aromatic N) is 4. The summed E-state index contributed by atoms with van der Waals surface area (Å²) in [5, 5.41) is 7.12. The van der Waals surface area contributed by atoms with Crippen molar-refractivity contribution < 1.29 is 0 Å². The molecule has 2 aliphatic heterocycles. The van der Waals surface area contributed by atoms with Gasteiger partial charge in [0.1, 0.15) is 0 Å². The lowest BCUT2D eigenvalue weighted by atomic mass is 10.1. The van der Waals surface area contributed by atoms with Gasteiger partial charge in [-0.15, -0.1) is 0 Å². The van der Waals surface area contributed by atoms with E-state index in [1.54, 1.807) is 0 Å². The summed E-state index contributed by atoms with van der Waals surface area (Å²) < 4.78 is 0. The predicted molar refractivity (Wildman–Crippen MR) is 103 cm³/mol. The molecular formula is C18H38N6. The molecule has 2 heterocycles. The number of hydrogen-bond donors (Lipinski definition) is 2. The van der Waals surface area contributed by atoms with Gasteiger partial charge in [-0.3, -0.25) is 14.8 Å². The van der Waals surface area contributed by atoms with Gasteiger partial charge in [0.05, 0.1) is 0 Å². The number of likely N-dealkylation sites (tertiary alicyclic amines) is 1. The Morgan fingerprint density at radius 1 is 1.12 bits per heavy atom. The number of guanidine groups is 1. The van der Waals surface area contributed by atoms with Crippen molar-refractivity contribution in [2.45, 2.75) is 39.8 Å². The van der Waals surface area contributed by atoms with Gasteiger partial charge in [-0.2, -0.15) is 0 Å². The van der Waals surface area contributed by atoms with Crippen LogP contribution < -0.4 is 10.6 Å². The van der Waals surface area contributed by atoms with Gasteiger partial charge in [-0.05, 0) is 26.3 Å². The molecule has 2 aliphatic rings. The van der Waals surface area contributed by atoms with E-state index >= 15 is 0 Å². The Balaban J connectivity index is 1.68. The Morgan fingerprint density at radius 2 is 1.79 bits per heavy atom. The molecule has 0 spiro atoms. The summed E-state index contributed by atoms with van der Waals surface area (Å²) in [5.74, 6) is 1.61. The minimum Gasteiger partial charge on any atom is -0.355 e. The number of nitrogens with one attached hydrogen (secondary N) is 2. The van der Waals surface area contributed by atoms with E-state index in [1.165, 1.54) is 39.3 Å². The highest BCUT2D eigenvalue weighted by atomic mass is 15.3. The fourth-order valence-electron chi connectivity index (χ4n) is 3.65. The van der Waals surface area contributed by atoms with Crippen LogP contribution in [0.15, 0.2) is 4.99 Å². The largest absolute Gasteiger partial charge is 0.355 e. The van der Waals surface area contributed by atoms with Gasteiger partial charge in [-0.25, -0.2) is 0 Å². The highest BCUT2D eigenvalue weighted by molar-refractivity contribution is 5.80. The molecule has 2 unspecified atom stereocenters. The van der Waals surface area contributed by atoms with Crippen LogP contribution >= 0.6 is 0 Å². The van der Waals surface area contributed by atoms with Crippen LogP contribution in [0.5, 0.6) is 0 Å². The third-order valence-electron chi connectivity index (χ3n) is 5.55. The van der Waals surface area contributed by atoms with Crippen molar-refractivity contribution in [3.05, 3.63) is 0 Å². The maximum Gasteiger partial charge on any atom is 0.191 e. The van der Waals surface area contributed by atoms with Crippen molar-refractivity contribution >= 4 is 5.96 Å². The van der Waals surface area contributed by atoms with Gasteiger partial charge in [0.2, 0.25) is 0 Å². The molecule has 0 amide bonds. The lowest BCUT2D eigenvalue weighted by molar-refractivity contribution is 0.139. The number of piperazine rings is 1. The van der Waals surface area contributed by atoms with Crippen molar-refractivity contribution in [1.29, 1.82) is 0 Å². The summed E-state index contributed by atoms with van der Waals surface area (Å²) in [5.41, 5.74) is 0. The van der Waals surface area contributed by atoms with Crippen LogP contribution in [-0.4, -0.2) is 98.7 Å². The van der Waals surface area contributed by atoms with E-state index in [9.17, 15) is 0 Å². The van der Waals surface area contributed by atoms with Crippen LogP contribution in [0.2, 0.25) is 0 Å². The lowest BCUT2D eigenvalue weighted by Crippen LogP contribution is -2.51. The zero-order valence-electron chi connectivity index (χ0n) is 16.4. The first-order chi connectivity index (χ1) is 11.5. The van der Waals surface area contributed by atoms with Crippen molar-refractivity contribution in [3.63, 3.8) is 0 Å². The minimum absolute atomic E-state index is 0.492.